The Labute approximate surface area is 128 Å². The van der Waals surface area contributed by atoms with Crippen LogP contribution in [0.3, 0.4) is 0 Å². The van der Waals surface area contributed by atoms with Gasteiger partial charge in [-0.15, -0.1) is 11.3 Å². The molecule has 0 saturated heterocycles. The van der Waals surface area contributed by atoms with Gasteiger partial charge in [0.1, 0.15) is 0 Å². The van der Waals surface area contributed by atoms with Crippen molar-refractivity contribution >= 4 is 11.3 Å². The fourth-order valence-corrected chi connectivity index (χ4v) is 3.96. The zero-order valence-electron chi connectivity index (χ0n) is 13.3. The van der Waals surface area contributed by atoms with Gasteiger partial charge in [0.05, 0.1) is 0 Å². The number of fused-ring (bicyclic) bond motifs is 1. The third-order valence-corrected chi connectivity index (χ3v) is 5.16. The first kappa shape index (κ1) is 16.0. The van der Waals surface area contributed by atoms with Crippen molar-refractivity contribution in [3.05, 3.63) is 21.4 Å². The van der Waals surface area contributed by atoms with Crippen molar-refractivity contribution in [1.82, 2.24) is 10.6 Å². The first-order valence-electron chi connectivity index (χ1n) is 8.19. The second-order valence-electron chi connectivity index (χ2n) is 6.56. The molecular formula is C17H30N2S. The van der Waals surface area contributed by atoms with Gasteiger partial charge >= 0.3 is 0 Å². The summed E-state index contributed by atoms with van der Waals surface area (Å²) >= 11 is 2.04. The van der Waals surface area contributed by atoms with Crippen molar-refractivity contribution in [2.75, 3.05) is 13.1 Å². The number of nitrogens with one attached hydrogen (secondary N) is 2. The van der Waals surface area contributed by atoms with E-state index in [1.54, 1.807) is 10.4 Å². The minimum Gasteiger partial charge on any atom is -0.315 e. The summed E-state index contributed by atoms with van der Waals surface area (Å²) in [7, 11) is 0. The smallest absolute Gasteiger partial charge is 0.0302 e. The molecule has 20 heavy (non-hydrogen) atoms. The lowest BCUT2D eigenvalue weighted by molar-refractivity contribution is 0.473. The molecule has 2 rings (SSSR count). The largest absolute Gasteiger partial charge is 0.315 e. The van der Waals surface area contributed by atoms with Crippen LogP contribution in [0.25, 0.3) is 0 Å². The maximum Gasteiger partial charge on any atom is 0.0302 e. The van der Waals surface area contributed by atoms with Crippen LogP contribution in [0, 0.1) is 5.92 Å². The second kappa shape index (κ2) is 8.16. The van der Waals surface area contributed by atoms with E-state index in [1.807, 2.05) is 11.3 Å². The van der Waals surface area contributed by atoms with Gasteiger partial charge in [0.25, 0.3) is 0 Å². The highest BCUT2D eigenvalue weighted by Gasteiger charge is 2.12. The quantitative estimate of drug-likeness (QED) is 0.749. The number of aryl methyl sites for hydroxylation is 2. The fraction of sp³-hybridized carbons (Fsp3) is 0.765. The molecule has 1 aliphatic carbocycles. The second-order valence-corrected chi connectivity index (χ2v) is 7.78. The van der Waals surface area contributed by atoms with Gasteiger partial charge in [-0.05, 0) is 56.7 Å². The van der Waals surface area contributed by atoms with Gasteiger partial charge in [0.15, 0.2) is 0 Å². The molecule has 1 unspecified atom stereocenters. The summed E-state index contributed by atoms with van der Waals surface area (Å²) in [5, 5.41) is 7.16. The lowest BCUT2D eigenvalue weighted by atomic mass is 10.1. The molecule has 1 aromatic rings. The molecule has 0 amide bonds. The summed E-state index contributed by atoms with van der Waals surface area (Å²) < 4.78 is 0. The van der Waals surface area contributed by atoms with E-state index in [4.69, 9.17) is 0 Å². The summed E-state index contributed by atoms with van der Waals surface area (Å²) in [6, 6.07) is 2.99. The van der Waals surface area contributed by atoms with E-state index >= 15 is 0 Å². The Bertz CT molecular complexity index is 374. The highest BCUT2D eigenvalue weighted by molar-refractivity contribution is 7.12. The minimum atomic E-state index is 0.538. The van der Waals surface area contributed by atoms with Crippen molar-refractivity contribution < 1.29 is 0 Å². The first-order valence-corrected chi connectivity index (χ1v) is 9.01. The predicted molar refractivity (Wildman–Crippen MR) is 89.6 cm³/mol. The molecule has 2 N–H and O–H groups in total. The Morgan fingerprint density at radius 2 is 1.90 bits per heavy atom. The zero-order valence-corrected chi connectivity index (χ0v) is 14.1. The predicted octanol–water partition coefficient (Wildman–Crippen LogP) is 3.74. The molecule has 0 saturated carbocycles. The maximum atomic E-state index is 3.65. The van der Waals surface area contributed by atoms with Crippen LogP contribution in [0.5, 0.6) is 0 Å². The lowest BCUT2D eigenvalue weighted by Gasteiger charge is -2.15. The summed E-state index contributed by atoms with van der Waals surface area (Å²) in [6.45, 7) is 9.98. The molecule has 1 atom stereocenters. The molecule has 3 heteroatoms. The average Bonchev–Trinajstić information content (AvgIpc) is 2.66. The summed E-state index contributed by atoms with van der Waals surface area (Å²) in [4.78, 5) is 3.18. The Kier molecular flexibility index (Phi) is 6.53. The van der Waals surface area contributed by atoms with Gasteiger partial charge in [-0.1, -0.05) is 20.3 Å². The summed E-state index contributed by atoms with van der Waals surface area (Å²) in [6.07, 6.45) is 6.79. The molecule has 0 bridgehead atoms. The lowest BCUT2D eigenvalue weighted by Crippen LogP contribution is -2.37. The Balaban J connectivity index is 1.73. The highest BCUT2D eigenvalue weighted by atomic mass is 32.1. The van der Waals surface area contributed by atoms with Crippen LogP contribution in [-0.2, 0) is 19.4 Å². The van der Waals surface area contributed by atoms with Crippen LogP contribution >= 0.6 is 11.3 Å². The summed E-state index contributed by atoms with van der Waals surface area (Å²) in [5.74, 6) is 0.732. The van der Waals surface area contributed by atoms with Gasteiger partial charge in [-0.25, -0.2) is 0 Å². The van der Waals surface area contributed by atoms with Crippen LogP contribution in [0.1, 0.15) is 55.4 Å². The number of rotatable bonds is 7. The fourth-order valence-electron chi connectivity index (χ4n) is 2.75. The molecule has 0 aromatic carbocycles. The molecule has 1 heterocycles. The molecule has 1 aliphatic rings. The van der Waals surface area contributed by atoms with Crippen molar-refractivity contribution in [3.8, 4) is 0 Å². The first-order chi connectivity index (χ1) is 9.65. The third kappa shape index (κ3) is 5.19. The Hall–Kier alpha value is -0.380. The van der Waals surface area contributed by atoms with E-state index < -0.39 is 0 Å². The monoisotopic (exact) mass is 294 g/mol. The molecule has 0 fully saturated rings. The van der Waals surface area contributed by atoms with Crippen molar-refractivity contribution in [2.45, 2.75) is 65.5 Å². The van der Waals surface area contributed by atoms with Crippen LogP contribution < -0.4 is 10.6 Å². The van der Waals surface area contributed by atoms with Crippen molar-refractivity contribution in [3.63, 3.8) is 0 Å². The molecule has 114 valence electrons. The molecule has 2 nitrogen and oxygen atoms in total. The van der Waals surface area contributed by atoms with E-state index in [2.05, 4.69) is 37.5 Å². The SMILES string of the molecule is CC(C)CNCC(C)NCc1cc2c(s1)CCCCC2. The van der Waals surface area contributed by atoms with Crippen LogP contribution in [0.4, 0.5) is 0 Å². The van der Waals surface area contributed by atoms with Crippen LogP contribution in [0.15, 0.2) is 6.07 Å². The van der Waals surface area contributed by atoms with Gasteiger partial charge in [0, 0.05) is 28.9 Å². The zero-order chi connectivity index (χ0) is 14.4. The Morgan fingerprint density at radius 3 is 2.70 bits per heavy atom. The molecular weight excluding hydrogens is 264 g/mol. The van der Waals surface area contributed by atoms with Gasteiger partial charge in [-0.2, -0.15) is 0 Å². The van der Waals surface area contributed by atoms with Crippen LogP contribution in [0.2, 0.25) is 0 Å². The molecule has 0 radical (unpaired) electrons. The van der Waals surface area contributed by atoms with Gasteiger partial charge in [0.2, 0.25) is 0 Å². The van der Waals surface area contributed by atoms with E-state index in [9.17, 15) is 0 Å². The Morgan fingerprint density at radius 1 is 1.10 bits per heavy atom. The van der Waals surface area contributed by atoms with Gasteiger partial charge in [-0.3, -0.25) is 0 Å². The van der Waals surface area contributed by atoms with Crippen LogP contribution in [-0.4, -0.2) is 19.1 Å². The van der Waals surface area contributed by atoms with E-state index in [0.29, 0.717) is 6.04 Å². The topological polar surface area (TPSA) is 24.1 Å². The summed E-state index contributed by atoms with van der Waals surface area (Å²) in [5.41, 5.74) is 1.63. The van der Waals surface area contributed by atoms with E-state index in [-0.39, 0.29) is 0 Å². The highest BCUT2D eigenvalue weighted by Crippen LogP contribution is 2.28. The standard InChI is InChI=1S/C17H30N2S/c1-13(2)10-18-11-14(3)19-12-16-9-15-7-5-4-6-8-17(15)20-16/h9,13-14,18-19H,4-8,10-12H2,1-3H3. The minimum absolute atomic E-state index is 0.538. The number of hydrogen-bond donors (Lipinski definition) is 2. The van der Waals surface area contributed by atoms with Gasteiger partial charge < -0.3 is 10.6 Å². The van der Waals surface area contributed by atoms with Crippen molar-refractivity contribution in [2.24, 2.45) is 5.92 Å². The van der Waals surface area contributed by atoms with E-state index in [1.165, 1.54) is 37.0 Å². The molecule has 0 spiro atoms. The number of thiophene rings is 1. The third-order valence-electron chi connectivity index (χ3n) is 3.93. The molecule has 1 aromatic heterocycles. The normalized spacial score (nSPS) is 17.0. The maximum absolute atomic E-state index is 3.65. The molecule has 0 aliphatic heterocycles. The average molecular weight is 295 g/mol. The van der Waals surface area contributed by atoms with Crippen molar-refractivity contribution in [1.29, 1.82) is 0 Å². The van der Waals surface area contributed by atoms with E-state index in [0.717, 1.165) is 25.6 Å². The number of hydrogen-bond acceptors (Lipinski definition) is 3.